The molecule has 2 aromatic rings. The van der Waals surface area contributed by atoms with E-state index in [-0.39, 0.29) is 0 Å². The lowest BCUT2D eigenvalue weighted by atomic mass is 10.2. The molecule has 0 bridgehead atoms. The summed E-state index contributed by atoms with van der Waals surface area (Å²) in [5, 5.41) is 0.525. The molecule has 86 valence electrons. The van der Waals surface area contributed by atoms with Gasteiger partial charge in [0.15, 0.2) is 0 Å². The smallest absolute Gasteiger partial charge is 0.345 e. The molecule has 0 aliphatic rings. The first-order valence-electron chi connectivity index (χ1n) is 5.05. The average molecular weight is 248 g/mol. The van der Waals surface area contributed by atoms with Crippen LogP contribution in [-0.2, 0) is 0 Å². The first kappa shape index (κ1) is 11.6. The van der Waals surface area contributed by atoms with Crippen molar-refractivity contribution in [3.8, 4) is 5.75 Å². The first-order valence-corrected chi connectivity index (χ1v) is 5.43. The molecule has 17 heavy (non-hydrogen) atoms. The lowest BCUT2D eigenvalue weighted by Crippen LogP contribution is -2.08. The third-order valence-corrected chi connectivity index (χ3v) is 2.39. The number of esters is 1. The zero-order valence-electron chi connectivity index (χ0n) is 9.18. The highest BCUT2D eigenvalue weighted by Crippen LogP contribution is 2.18. The summed E-state index contributed by atoms with van der Waals surface area (Å²) in [5.41, 5.74) is 1.26. The van der Waals surface area contributed by atoms with Gasteiger partial charge in [0.1, 0.15) is 5.75 Å². The number of carbonyl (C=O) groups is 1. The Kier molecular flexibility index (Phi) is 3.40. The van der Waals surface area contributed by atoms with Crippen molar-refractivity contribution < 1.29 is 9.53 Å². The van der Waals surface area contributed by atoms with Crippen LogP contribution in [0.25, 0.3) is 0 Å². The van der Waals surface area contributed by atoms with E-state index in [1.54, 1.807) is 36.4 Å². The third kappa shape index (κ3) is 3.04. The van der Waals surface area contributed by atoms with Crippen LogP contribution in [0.1, 0.15) is 16.1 Å². The number of ether oxygens (including phenoxy) is 1. The summed E-state index contributed by atoms with van der Waals surface area (Å²) in [6.07, 6.45) is 1.49. The molecule has 0 unspecified atom stereocenters. The zero-order valence-corrected chi connectivity index (χ0v) is 9.94. The van der Waals surface area contributed by atoms with Crippen LogP contribution in [0, 0.1) is 6.92 Å². The number of hydrogen-bond donors (Lipinski definition) is 0. The van der Waals surface area contributed by atoms with Gasteiger partial charge in [-0.15, -0.1) is 0 Å². The Morgan fingerprint density at radius 2 is 2.12 bits per heavy atom. The van der Waals surface area contributed by atoms with Crippen LogP contribution in [-0.4, -0.2) is 11.0 Å². The molecule has 1 aromatic heterocycles. The van der Waals surface area contributed by atoms with Crippen molar-refractivity contribution in [3.63, 3.8) is 0 Å². The highest BCUT2D eigenvalue weighted by atomic mass is 35.5. The highest BCUT2D eigenvalue weighted by molar-refractivity contribution is 6.30. The fourth-order valence-corrected chi connectivity index (χ4v) is 1.47. The molecule has 0 atom stereocenters. The molecular weight excluding hydrogens is 238 g/mol. The summed E-state index contributed by atoms with van der Waals surface area (Å²) in [7, 11) is 0. The summed E-state index contributed by atoms with van der Waals surface area (Å²) in [4.78, 5) is 15.8. The van der Waals surface area contributed by atoms with Crippen LogP contribution in [0.15, 0.2) is 42.6 Å². The van der Waals surface area contributed by atoms with E-state index in [0.29, 0.717) is 16.3 Å². The Labute approximate surface area is 104 Å². The minimum atomic E-state index is -0.445. The average Bonchev–Trinajstić information content (AvgIpc) is 2.29. The molecule has 0 radical (unpaired) electrons. The van der Waals surface area contributed by atoms with Crippen molar-refractivity contribution in [2.45, 2.75) is 6.92 Å². The van der Waals surface area contributed by atoms with E-state index in [9.17, 15) is 4.79 Å². The van der Waals surface area contributed by atoms with Gasteiger partial charge in [-0.1, -0.05) is 17.7 Å². The number of carbonyl (C=O) groups excluding carboxylic acids is 1. The highest BCUT2D eigenvalue weighted by Gasteiger charge is 2.08. The van der Waals surface area contributed by atoms with E-state index in [1.165, 1.54) is 6.20 Å². The molecule has 0 amide bonds. The minimum Gasteiger partial charge on any atom is -0.423 e. The summed E-state index contributed by atoms with van der Waals surface area (Å²) in [5.74, 6) is -0.0251. The molecule has 3 nitrogen and oxygen atoms in total. The molecule has 0 fully saturated rings. The molecule has 4 heteroatoms. The number of halogens is 1. The van der Waals surface area contributed by atoms with Gasteiger partial charge in [-0.05, 0) is 37.3 Å². The Hall–Kier alpha value is -1.87. The minimum absolute atomic E-state index is 0.413. The third-order valence-electron chi connectivity index (χ3n) is 2.15. The quantitative estimate of drug-likeness (QED) is 0.604. The fourth-order valence-electron chi connectivity index (χ4n) is 1.29. The molecule has 0 aliphatic heterocycles. The molecule has 0 N–H and O–H groups in total. The van der Waals surface area contributed by atoms with Gasteiger partial charge in [0.2, 0.25) is 0 Å². The number of nitrogens with zero attached hydrogens (tertiary/aromatic N) is 1. The van der Waals surface area contributed by atoms with Crippen LogP contribution in [0.4, 0.5) is 0 Å². The zero-order chi connectivity index (χ0) is 12.3. The lowest BCUT2D eigenvalue weighted by molar-refractivity contribution is 0.0734. The van der Waals surface area contributed by atoms with Gasteiger partial charge in [-0.2, -0.15) is 0 Å². The second-order valence-corrected chi connectivity index (χ2v) is 3.97. The van der Waals surface area contributed by atoms with Crippen LogP contribution in [0.2, 0.25) is 5.02 Å². The van der Waals surface area contributed by atoms with Crippen molar-refractivity contribution >= 4 is 17.6 Å². The van der Waals surface area contributed by atoms with E-state index >= 15 is 0 Å². The number of rotatable bonds is 2. The Balaban J connectivity index is 2.14. The summed E-state index contributed by atoms with van der Waals surface area (Å²) < 4.78 is 5.16. The molecule has 1 heterocycles. The molecule has 0 aliphatic carbocycles. The monoisotopic (exact) mass is 247 g/mol. The van der Waals surface area contributed by atoms with E-state index in [0.717, 1.165) is 5.69 Å². The van der Waals surface area contributed by atoms with E-state index in [4.69, 9.17) is 16.3 Å². The van der Waals surface area contributed by atoms with E-state index < -0.39 is 5.97 Å². The number of benzene rings is 1. The van der Waals surface area contributed by atoms with Crippen molar-refractivity contribution in [1.29, 1.82) is 0 Å². The lowest BCUT2D eigenvalue weighted by Gasteiger charge is -2.04. The molecule has 2 rings (SSSR count). The predicted molar refractivity (Wildman–Crippen MR) is 65.4 cm³/mol. The largest absolute Gasteiger partial charge is 0.423 e. The topological polar surface area (TPSA) is 39.2 Å². The van der Waals surface area contributed by atoms with Crippen molar-refractivity contribution in [2.24, 2.45) is 0 Å². The van der Waals surface area contributed by atoms with Gasteiger partial charge in [-0.3, -0.25) is 4.98 Å². The summed E-state index contributed by atoms with van der Waals surface area (Å²) >= 11 is 5.79. The van der Waals surface area contributed by atoms with E-state index in [1.807, 2.05) is 6.92 Å². The summed E-state index contributed by atoms with van der Waals surface area (Å²) in [6.45, 7) is 1.85. The molecule has 0 spiro atoms. The molecule has 0 saturated heterocycles. The van der Waals surface area contributed by atoms with Gasteiger partial charge >= 0.3 is 5.97 Å². The standard InChI is InChI=1S/C13H10ClNO2/c1-9-5-6-10(8-15-9)13(16)17-12-4-2-3-11(14)7-12/h2-8H,1H3. The number of aryl methyl sites for hydroxylation is 1. The van der Waals surface area contributed by atoms with Gasteiger partial charge in [0.05, 0.1) is 5.56 Å². The van der Waals surface area contributed by atoms with Crippen LogP contribution in [0.5, 0.6) is 5.75 Å². The first-order chi connectivity index (χ1) is 8.15. The maximum atomic E-state index is 11.7. The number of aromatic nitrogens is 1. The SMILES string of the molecule is Cc1ccc(C(=O)Oc2cccc(Cl)c2)cn1. The van der Waals surface area contributed by atoms with Gasteiger partial charge in [-0.25, -0.2) is 4.79 Å². The molecule has 1 aromatic carbocycles. The van der Waals surface area contributed by atoms with Gasteiger partial charge in [0.25, 0.3) is 0 Å². The Morgan fingerprint density at radius 3 is 2.76 bits per heavy atom. The van der Waals surface area contributed by atoms with Crippen molar-refractivity contribution in [2.75, 3.05) is 0 Å². The maximum Gasteiger partial charge on any atom is 0.345 e. The summed E-state index contributed by atoms with van der Waals surface area (Å²) in [6, 6.07) is 10.1. The Morgan fingerprint density at radius 1 is 1.29 bits per heavy atom. The predicted octanol–water partition coefficient (Wildman–Crippen LogP) is 3.26. The number of pyridine rings is 1. The van der Waals surface area contributed by atoms with Gasteiger partial charge in [0, 0.05) is 16.9 Å². The van der Waals surface area contributed by atoms with Gasteiger partial charge < -0.3 is 4.74 Å². The maximum absolute atomic E-state index is 11.7. The fraction of sp³-hybridized carbons (Fsp3) is 0.0769. The van der Waals surface area contributed by atoms with Crippen molar-refractivity contribution in [1.82, 2.24) is 4.98 Å². The second kappa shape index (κ2) is 4.97. The van der Waals surface area contributed by atoms with Crippen LogP contribution >= 0.6 is 11.6 Å². The van der Waals surface area contributed by atoms with Crippen LogP contribution < -0.4 is 4.74 Å². The Bertz CT molecular complexity index is 537. The molecule has 0 saturated carbocycles. The van der Waals surface area contributed by atoms with E-state index in [2.05, 4.69) is 4.98 Å². The number of hydrogen-bond acceptors (Lipinski definition) is 3. The molecular formula is C13H10ClNO2. The van der Waals surface area contributed by atoms with Crippen LogP contribution in [0.3, 0.4) is 0 Å². The normalized spacial score (nSPS) is 10.0. The second-order valence-electron chi connectivity index (χ2n) is 3.54. The van der Waals surface area contributed by atoms with Crippen molar-refractivity contribution in [3.05, 3.63) is 58.9 Å².